The largest absolute Gasteiger partial charge is 0.322 e. The molecule has 0 aromatic heterocycles. The Kier molecular flexibility index (Phi) is 2.16. The highest BCUT2D eigenvalue weighted by molar-refractivity contribution is 6.30. The molecule has 1 unspecified atom stereocenters. The van der Waals surface area contributed by atoms with Gasteiger partial charge in [-0.3, -0.25) is 10.1 Å². The van der Waals surface area contributed by atoms with Crippen molar-refractivity contribution in [3.05, 3.63) is 34.3 Å². The molecule has 1 aliphatic carbocycles. The van der Waals surface area contributed by atoms with Crippen LogP contribution in [0.15, 0.2) is 18.2 Å². The Morgan fingerprint density at radius 3 is 2.82 bits per heavy atom. The van der Waals surface area contributed by atoms with E-state index < -0.39 is 11.6 Å². The third-order valence-corrected chi connectivity index (χ3v) is 3.71. The molecule has 88 valence electrons. The van der Waals surface area contributed by atoms with E-state index in [1.54, 1.807) is 6.07 Å². The van der Waals surface area contributed by atoms with Gasteiger partial charge < -0.3 is 5.32 Å². The first-order chi connectivity index (χ1) is 8.12. The Labute approximate surface area is 103 Å². The van der Waals surface area contributed by atoms with Gasteiger partial charge in [0.25, 0.3) is 5.91 Å². The second kappa shape index (κ2) is 3.47. The molecular weight excluding hydrogens is 240 g/mol. The number of amides is 3. The van der Waals surface area contributed by atoms with E-state index in [0.29, 0.717) is 11.4 Å². The van der Waals surface area contributed by atoms with Gasteiger partial charge in [0.05, 0.1) is 0 Å². The normalized spacial score (nSPS) is 26.6. The fourth-order valence-corrected chi connectivity index (χ4v) is 2.87. The minimum Gasteiger partial charge on any atom is -0.319 e. The standard InChI is InChI=1S/C12H11ClN2O2/c13-8-4-3-7-2-1-5-12(9(7)6-8)10(16)14-11(17)15-12/h3-4,6H,1-2,5H2,(H2,14,15,16,17). The fourth-order valence-electron chi connectivity index (χ4n) is 2.70. The van der Waals surface area contributed by atoms with Crippen molar-refractivity contribution in [2.24, 2.45) is 0 Å². The highest BCUT2D eigenvalue weighted by atomic mass is 35.5. The molecule has 1 fully saturated rings. The van der Waals surface area contributed by atoms with Crippen LogP contribution in [0.2, 0.25) is 5.02 Å². The summed E-state index contributed by atoms with van der Waals surface area (Å²) >= 11 is 5.98. The van der Waals surface area contributed by atoms with Gasteiger partial charge in [-0.1, -0.05) is 17.7 Å². The lowest BCUT2D eigenvalue weighted by Gasteiger charge is -2.32. The highest BCUT2D eigenvalue weighted by Crippen LogP contribution is 2.38. The van der Waals surface area contributed by atoms with Crippen LogP contribution in [-0.4, -0.2) is 11.9 Å². The number of aryl methyl sites for hydroxylation is 1. The Hall–Kier alpha value is -1.55. The van der Waals surface area contributed by atoms with Gasteiger partial charge in [-0.05, 0) is 42.5 Å². The molecule has 0 bridgehead atoms. The maximum atomic E-state index is 12.0. The Balaban J connectivity index is 2.19. The minimum absolute atomic E-state index is 0.272. The summed E-state index contributed by atoms with van der Waals surface area (Å²) in [6.45, 7) is 0. The second-order valence-corrected chi connectivity index (χ2v) is 4.91. The van der Waals surface area contributed by atoms with Gasteiger partial charge in [-0.25, -0.2) is 4.79 Å². The molecule has 4 nitrogen and oxygen atoms in total. The van der Waals surface area contributed by atoms with E-state index in [9.17, 15) is 9.59 Å². The number of carbonyl (C=O) groups is 2. The zero-order valence-corrected chi connectivity index (χ0v) is 9.80. The molecule has 1 spiro atoms. The average Bonchev–Trinajstić information content (AvgIpc) is 2.56. The van der Waals surface area contributed by atoms with Gasteiger partial charge in [0.1, 0.15) is 5.54 Å². The van der Waals surface area contributed by atoms with E-state index in [0.717, 1.165) is 24.0 Å². The SMILES string of the molecule is O=C1NC(=O)C2(CCCc3ccc(Cl)cc32)N1. The summed E-state index contributed by atoms with van der Waals surface area (Å²) in [4.78, 5) is 23.3. The summed E-state index contributed by atoms with van der Waals surface area (Å²) in [6.07, 6.45) is 2.41. The quantitative estimate of drug-likeness (QED) is 0.689. The summed E-state index contributed by atoms with van der Waals surface area (Å²) in [6, 6.07) is 5.09. The predicted molar refractivity (Wildman–Crippen MR) is 62.7 cm³/mol. The molecular formula is C12H11ClN2O2. The van der Waals surface area contributed by atoms with Crippen molar-refractivity contribution in [3.8, 4) is 0 Å². The monoisotopic (exact) mass is 250 g/mol. The van der Waals surface area contributed by atoms with Crippen LogP contribution in [0.5, 0.6) is 0 Å². The van der Waals surface area contributed by atoms with Crippen molar-refractivity contribution in [2.45, 2.75) is 24.8 Å². The Morgan fingerprint density at radius 2 is 2.12 bits per heavy atom. The number of rotatable bonds is 0. The highest BCUT2D eigenvalue weighted by Gasteiger charge is 2.49. The number of hydrogen-bond donors (Lipinski definition) is 2. The third-order valence-electron chi connectivity index (χ3n) is 3.47. The van der Waals surface area contributed by atoms with Crippen molar-refractivity contribution >= 4 is 23.5 Å². The molecule has 1 heterocycles. The van der Waals surface area contributed by atoms with Crippen LogP contribution in [0.25, 0.3) is 0 Å². The van der Waals surface area contributed by atoms with Gasteiger partial charge in [0.15, 0.2) is 0 Å². The third kappa shape index (κ3) is 1.44. The molecule has 0 radical (unpaired) electrons. The van der Waals surface area contributed by atoms with Crippen molar-refractivity contribution in [1.82, 2.24) is 10.6 Å². The Morgan fingerprint density at radius 1 is 1.29 bits per heavy atom. The van der Waals surface area contributed by atoms with Gasteiger partial charge in [0, 0.05) is 5.02 Å². The average molecular weight is 251 g/mol. The van der Waals surface area contributed by atoms with E-state index >= 15 is 0 Å². The molecule has 1 atom stereocenters. The number of carbonyl (C=O) groups excluding carboxylic acids is 2. The summed E-state index contributed by atoms with van der Waals surface area (Å²) in [5.41, 5.74) is 1.01. The lowest BCUT2D eigenvalue weighted by atomic mass is 9.76. The first-order valence-corrected chi connectivity index (χ1v) is 5.92. The van der Waals surface area contributed by atoms with E-state index in [1.807, 2.05) is 12.1 Å². The maximum absolute atomic E-state index is 12.0. The smallest absolute Gasteiger partial charge is 0.319 e. The van der Waals surface area contributed by atoms with E-state index in [4.69, 9.17) is 11.6 Å². The summed E-state index contributed by atoms with van der Waals surface area (Å²) in [5, 5.41) is 5.63. The molecule has 0 saturated carbocycles. The van der Waals surface area contributed by atoms with E-state index in [1.165, 1.54) is 0 Å². The van der Waals surface area contributed by atoms with Crippen LogP contribution >= 0.6 is 11.6 Å². The number of fused-ring (bicyclic) bond motifs is 2. The molecule has 3 rings (SSSR count). The predicted octanol–water partition coefficient (Wildman–Crippen LogP) is 1.71. The van der Waals surface area contributed by atoms with Crippen LogP contribution in [0.1, 0.15) is 24.0 Å². The molecule has 17 heavy (non-hydrogen) atoms. The number of nitrogens with one attached hydrogen (secondary N) is 2. The molecule has 1 saturated heterocycles. The first-order valence-electron chi connectivity index (χ1n) is 5.54. The first kappa shape index (κ1) is 10.6. The van der Waals surface area contributed by atoms with E-state index in [2.05, 4.69) is 10.6 Å². The minimum atomic E-state index is -0.907. The number of benzene rings is 1. The molecule has 1 aromatic rings. The zero-order valence-electron chi connectivity index (χ0n) is 9.05. The van der Waals surface area contributed by atoms with Crippen molar-refractivity contribution < 1.29 is 9.59 Å². The van der Waals surface area contributed by atoms with Crippen molar-refractivity contribution in [1.29, 1.82) is 0 Å². The number of halogens is 1. The van der Waals surface area contributed by atoms with Crippen molar-refractivity contribution in [3.63, 3.8) is 0 Å². The van der Waals surface area contributed by atoms with E-state index in [-0.39, 0.29) is 5.91 Å². The maximum Gasteiger partial charge on any atom is 0.322 e. The molecule has 1 aromatic carbocycles. The lowest BCUT2D eigenvalue weighted by Crippen LogP contribution is -2.46. The molecule has 2 aliphatic rings. The van der Waals surface area contributed by atoms with Crippen LogP contribution < -0.4 is 10.6 Å². The van der Waals surface area contributed by atoms with Crippen LogP contribution in [0, 0.1) is 0 Å². The fraction of sp³-hybridized carbons (Fsp3) is 0.333. The number of hydrogen-bond acceptors (Lipinski definition) is 2. The number of imide groups is 1. The summed E-state index contributed by atoms with van der Waals surface area (Å²) in [5.74, 6) is -0.272. The summed E-state index contributed by atoms with van der Waals surface area (Å²) < 4.78 is 0. The molecule has 2 N–H and O–H groups in total. The van der Waals surface area contributed by atoms with Crippen LogP contribution in [0.3, 0.4) is 0 Å². The lowest BCUT2D eigenvalue weighted by molar-refractivity contribution is -0.124. The summed E-state index contributed by atoms with van der Waals surface area (Å²) in [7, 11) is 0. The topological polar surface area (TPSA) is 58.2 Å². The second-order valence-electron chi connectivity index (χ2n) is 4.47. The van der Waals surface area contributed by atoms with Gasteiger partial charge in [-0.2, -0.15) is 0 Å². The molecule has 3 amide bonds. The van der Waals surface area contributed by atoms with Crippen LogP contribution in [-0.2, 0) is 16.8 Å². The molecule has 1 aliphatic heterocycles. The van der Waals surface area contributed by atoms with Gasteiger partial charge in [-0.15, -0.1) is 0 Å². The molecule has 5 heteroatoms. The van der Waals surface area contributed by atoms with Crippen molar-refractivity contribution in [2.75, 3.05) is 0 Å². The zero-order chi connectivity index (χ0) is 12.0. The Bertz CT molecular complexity index is 529. The number of urea groups is 1. The van der Waals surface area contributed by atoms with Crippen LogP contribution in [0.4, 0.5) is 4.79 Å². The van der Waals surface area contributed by atoms with Gasteiger partial charge in [0.2, 0.25) is 0 Å². The van der Waals surface area contributed by atoms with Gasteiger partial charge >= 0.3 is 6.03 Å².